The summed E-state index contributed by atoms with van der Waals surface area (Å²) in [6.45, 7) is 1.91. The van der Waals surface area contributed by atoms with E-state index in [1.165, 1.54) is 7.11 Å². The van der Waals surface area contributed by atoms with E-state index in [1.54, 1.807) is 12.1 Å². The van der Waals surface area contributed by atoms with Gasteiger partial charge in [-0.15, -0.1) is 0 Å². The standard InChI is InChI=1S/C19H17BrN4O4/c1-11-14(24-28-16(11)12-6-4-3-5-7-12)10-21-17(25)18(26)22-13-8-9-15(20)23-19(13)27-2/h3-9H,10H2,1-2H3,(H,21,25)(H,22,26). The number of halogens is 1. The van der Waals surface area contributed by atoms with Gasteiger partial charge < -0.3 is 19.9 Å². The van der Waals surface area contributed by atoms with Crippen molar-refractivity contribution in [3.8, 4) is 17.2 Å². The molecule has 0 fully saturated rings. The van der Waals surface area contributed by atoms with Gasteiger partial charge in [0, 0.05) is 11.1 Å². The Labute approximate surface area is 169 Å². The number of methoxy groups -OCH3 is 1. The average Bonchev–Trinajstić information content (AvgIpc) is 3.08. The van der Waals surface area contributed by atoms with Gasteiger partial charge in [-0.1, -0.05) is 35.5 Å². The highest BCUT2D eigenvalue weighted by Crippen LogP contribution is 2.25. The average molecular weight is 445 g/mol. The van der Waals surface area contributed by atoms with Gasteiger partial charge in [0.1, 0.15) is 16.0 Å². The van der Waals surface area contributed by atoms with Crippen LogP contribution in [-0.4, -0.2) is 29.1 Å². The molecule has 0 spiro atoms. The Balaban J connectivity index is 1.63. The number of rotatable bonds is 5. The third-order valence-corrected chi connectivity index (χ3v) is 4.39. The van der Waals surface area contributed by atoms with Gasteiger partial charge in [0.15, 0.2) is 5.76 Å². The van der Waals surface area contributed by atoms with Gasteiger partial charge in [0.05, 0.1) is 13.7 Å². The summed E-state index contributed by atoms with van der Waals surface area (Å²) in [6.07, 6.45) is 0. The van der Waals surface area contributed by atoms with E-state index in [9.17, 15) is 9.59 Å². The molecule has 2 amide bonds. The molecule has 0 aliphatic rings. The highest BCUT2D eigenvalue weighted by Gasteiger charge is 2.19. The van der Waals surface area contributed by atoms with E-state index in [2.05, 4.69) is 36.7 Å². The SMILES string of the molecule is COc1nc(Br)ccc1NC(=O)C(=O)NCc1noc(-c2ccccc2)c1C. The van der Waals surface area contributed by atoms with Crippen LogP contribution in [0.25, 0.3) is 11.3 Å². The van der Waals surface area contributed by atoms with E-state index in [0.29, 0.717) is 16.1 Å². The summed E-state index contributed by atoms with van der Waals surface area (Å²) in [5.74, 6) is -0.837. The lowest BCUT2D eigenvalue weighted by Crippen LogP contribution is -2.35. The second kappa shape index (κ2) is 8.66. The normalized spacial score (nSPS) is 10.4. The molecule has 1 aromatic carbocycles. The minimum absolute atomic E-state index is 0.0597. The Morgan fingerprint density at radius 2 is 1.89 bits per heavy atom. The van der Waals surface area contributed by atoms with Crippen LogP contribution < -0.4 is 15.4 Å². The Morgan fingerprint density at radius 1 is 1.14 bits per heavy atom. The minimum atomic E-state index is -0.841. The Morgan fingerprint density at radius 3 is 2.61 bits per heavy atom. The molecule has 3 rings (SSSR count). The molecule has 144 valence electrons. The van der Waals surface area contributed by atoms with Gasteiger partial charge in [-0.3, -0.25) is 9.59 Å². The van der Waals surface area contributed by atoms with Crippen LogP contribution in [0.3, 0.4) is 0 Å². The molecule has 0 aliphatic carbocycles. The number of pyridine rings is 1. The van der Waals surface area contributed by atoms with Crippen molar-refractivity contribution in [3.05, 3.63) is 58.3 Å². The Hall–Kier alpha value is -3.20. The van der Waals surface area contributed by atoms with Crippen LogP contribution in [0, 0.1) is 6.92 Å². The smallest absolute Gasteiger partial charge is 0.313 e. The van der Waals surface area contributed by atoms with Crippen LogP contribution in [0.1, 0.15) is 11.3 Å². The monoisotopic (exact) mass is 444 g/mol. The van der Waals surface area contributed by atoms with Gasteiger partial charge in [-0.2, -0.15) is 0 Å². The molecule has 8 nitrogen and oxygen atoms in total. The molecule has 0 unspecified atom stereocenters. The van der Waals surface area contributed by atoms with E-state index < -0.39 is 11.8 Å². The van der Waals surface area contributed by atoms with Gasteiger partial charge >= 0.3 is 11.8 Å². The fourth-order valence-corrected chi connectivity index (χ4v) is 2.78. The molecule has 0 radical (unpaired) electrons. The molecule has 9 heteroatoms. The van der Waals surface area contributed by atoms with Crippen LogP contribution in [0.4, 0.5) is 5.69 Å². The number of benzene rings is 1. The van der Waals surface area contributed by atoms with Gasteiger partial charge in [-0.25, -0.2) is 4.98 Å². The maximum Gasteiger partial charge on any atom is 0.313 e. The number of hydrogen-bond donors (Lipinski definition) is 2. The van der Waals surface area contributed by atoms with Crippen LogP contribution in [0.2, 0.25) is 0 Å². The first-order chi connectivity index (χ1) is 13.5. The summed E-state index contributed by atoms with van der Waals surface area (Å²) < 4.78 is 11.0. The second-order valence-corrected chi connectivity index (χ2v) is 6.59. The molecule has 0 aliphatic heterocycles. The maximum atomic E-state index is 12.1. The predicted octanol–water partition coefficient (Wildman–Crippen LogP) is 3.07. The molecule has 2 N–H and O–H groups in total. The number of hydrogen-bond acceptors (Lipinski definition) is 6. The molecule has 0 saturated heterocycles. The molecule has 28 heavy (non-hydrogen) atoms. The quantitative estimate of drug-likeness (QED) is 0.462. The maximum absolute atomic E-state index is 12.1. The van der Waals surface area contributed by atoms with Crippen molar-refractivity contribution in [1.82, 2.24) is 15.5 Å². The Kier molecular flexibility index (Phi) is 6.05. The predicted molar refractivity (Wildman–Crippen MR) is 106 cm³/mol. The molecule has 2 heterocycles. The van der Waals surface area contributed by atoms with E-state index in [0.717, 1.165) is 11.1 Å². The summed E-state index contributed by atoms with van der Waals surface area (Å²) in [7, 11) is 1.42. The third-order valence-electron chi connectivity index (χ3n) is 3.95. The largest absolute Gasteiger partial charge is 0.479 e. The van der Waals surface area contributed by atoms with Gasteiger partial charge in [0.25, 0.3) is 0 Å². The first-order valence-electron chi connectivity index (χ1n) is 8.30. The van der Waals surface area contributed by atoms with E-state index >= 15 is 0 Å². The second-order valence-electron chi connectivity index (χ2n) is 5.78. The lowest BCUT2D eigenvalue weighted by atomic mass is 10.1. The van der Waals surface area contributed by atoms with Crippen LogP contribution in [-0.2, 0) is 16.1 Å². The van der Waals surface area contributed by atoms with Crippen LogP contribution in [0.15, 0.2) is 51.6 Å². The zero-order valence-electron chi connectivity index (χ0n) is 15.2. The van der Waals surface area contributed by atoms with Crippen molar-refractivity contribution in [2.24, 2.45) is 0 Å². The number of carbonyl (C=O) groups excluding carboxylic acids is 2. The highest BCUT2D eigenvalue weighted by atomic mass is 79.9. The topological polar surface area (TPSA) is 106 Å². The first kappa shape index (κ1) is 19.6. The summed E-state index contributed by atoms with van der Waals surface area (Å²) in [4.78, 5) is 28.3. The first-order valence-corrected chi connectivity index (χ1v) is 9.09. The van der Waals surface area contributed by atoms with Crippen molar-refractivity contribution in [3.63, 3.8) is 0 Å². The van der Waals surface area contributed by atoms with Crippen molar-refractivity contribution in [2.75, 3.05) is 12.4 Å². The van der Waals surface area contributed by atoms with Gasteiger partial charge in [0.2, 0.25) is 5.88 Å². The summed E-state index contributed by atoms with van der Waals surface area (Å²) >= 11 is 3.21. The summed E-state index contributed by atoms with van der Waals surface area (Å²) in [5, 5.41) is 8.98. The molecule has 3 aromatic rings. The minimum Gasteiger partial charge on any atom is -0.479 e. The molecular weight excluding hydrogens is 428 g/mol. The molecule has 0 saturated carbocycles. The van der Waals surface area contributed by atoms with Crippen molar-refractivity contribution in [2.45, 2.75) is 13.5 Å². The van der Waals surface area contributed by atoms with E-state index in [1.807, 2.05) is 37.3 Å². The molecule has 2 aromatic heterocycles. The number of nitrogens with zero attached hydrogens (tertiary/aromatic N) is 2. The van der Waals surface area contributed by atoms with Crippen molar-refractivity contribution >= 4 is 33.4 Å². The fourth-order valence-electron chi connectivity index (χ4n) is 2.48. The van der Waals surface area contributed by atoms with Gasteiger partial charge in [-0.05, 0) is 35.0 Å². The number of carbonyl (C=O) groups is 2. The van der Waals surface area contributed by atoms with Crippen molar-refractivity contribution < 1.29 is 18.8 Å². The molecule has 0 atom stereocenters. The third kappa shape index (κ3) is 4.37. The van der Waals surface area contributed by atoms with E-state index in [-0.39, 0.29) is 18.1 Å². The number of aromatic nitrogens is 2. The molecule has 0 bridgehead atoms. The zero-order chi connectivity index (χ0) is 20.1. The van der Waals surface area contributed by atoms with E-state index in [4.69, 9.17) is 9.26 Å². The van der Waals surface area contributed by atoms with Crippen molar-refractivity contribution in [1.29, 1.82) is 0 Å². The lowest BCUT2D eigenvalue weighted by molar-refractivity contribution is -0.136. The zero-order valence-corrected chi connectivity index (χ0v) is 16.7. The number of ether oxygens (including phenoxy) is 1. The lowest BCUT2D eigenvalue weighted by Gasteiger charge is -2.09. The van der Waals surface area contributed by atoms with Crippen LogP contribution >= 0.6 is 15.9 Å². The summed E-state index contributed by atoms with van der Waals surface area (Å²) in [5.41, 5.74) is 2.51. The fraction of sp³-hybridized carbons (Fsp3) is 0.158. The Bertz CT molecular complexity index is 1000. The molecular formula is C19H17BrN4O4. The summed E-state index contributed by atoms with van der Waals surface area (Å²) in [6, 6.07) is 12.7. The highest BCUT2D eigenvalue weighted by molar-refractivity contribution is 9.10. The number of nitrogens with one attached hydrogen (secondary N) is 2. The number of anilines is 1. The van der Waals surface area contributed by atoms with Crippen LogP contribution in [0.5, 0.6) is 5.88 Å². The number of amides is 2.